The van der Waals surface area contributed by atoms with Crippen molar-refractivity contribution in [3.8, 4) is 0 Å². The molecular formula is C20H18F3N3O2S. The summed E-state index contributed by atoms with van der Waals surface area (Å²) in [6.07, 6.45) is -3.96. The van der Waals surface area contributed by atoms with Crippen LogP contribution >= 0.6 is 11.3 Å². The number of carbonyl (C=O) groups excluding carboxylic acids is 1. The molecule has 3 aromatic rings. The van der Waals surface area contributed by atoms with Gasteiger partial charge in [-0.1, -0.05) is 18.2 Å². The highest BCUT2D eigenvalue weighted by Gasteiger charge is 2.30. The molecular weight excluding hydrogens is 403 g/mol. The first-order valence-corrected chi connectivity index (χ1v) is 9.60. The van der Waals surface area contributed by atoms with Gasteiger partial charge in [0, 0.05) is 36.2 Å². The van der Waals surface area contributed by atoms with E-state index in [0.29, 0.717) is 35.0 Å². The zero-order valence-corrected chi connectivity index (χ0v) is 16.0. The summed E-state index contributed by atoms with van der Waals surface area (Å²) in [5.41, 5.74) is 1.62. The SMILES string of the molecule is O=C(Nc1nc(CCO)cs1)c1ccc(CNc2cccc(C(F)(F)F)c2)cc1. The van der Waals surface area contributed by atoms with E-state index in [1.54, 1.807) is 35.7 Å². The Labute approximate surface area is 169 Å². The second kappa shape index (κ2) is 9.06. The van der Waals surface area contributed by atoms with Gasteiger partial charge in [0.05, 0.1) is 11.3 Å². The summed E-state index contributed by atoms with van der Waals surface area (Å²) in [5, 5.41) is 16.8. The highest BCUT2D eigenvalue weighted by Crippen LogP contribution is 2.30. The van der Waals surface area contributed by atoms with Crippen molar-refractivity contribution in [2.24, 2.45) is 0 Å². The second-order valence-corrected chi connectivity index (χ2v) is 7.06. The lowest BCUT2D eigenvalue weighted by molar-refractivity contribution is -0.137. The minimum Gasteiger partial charge on any atom is -0.396 e. The van der Waals surface area contributed by atoms with Gasteiger partial charge < -0.3 is 10.4 Å². The summed E-state index contributed by atoms with van der Waals surface area (Å²) in [6, 6.07) is 11.7. The predicted molar refractivity (Wildman–Crippen MR) is 106 cm³/mol. The van der Waals surface area contributed by atoms with Gasteiger partial charge in [0.1, 0.15) is 0 Å². The molecule has 1 aromatic heterocycles. The largest absolute Gasteiger partial charge is 0.416 e. The van der Waals surface area contributed by atoms with Gasteiger partial charge in [-0.25, -0.2) is 4.98 Å². The van der Waals surface area contributed by atoms with Crippen LogP contribution in [0.3, 0.4) is 0 Å². The van der Waals surface area contributed by atoms with Crippen LogP contribution in [0.1, 0.15) is 27.2 Å². The Morgan fingerprint density at radius 3 is 2.59 bits per heavy atom. The molecule has 0 radical (unpaired) electrons. The highest BCUT2D eigenvalue weighted by atomic mass is 32.1. The van der Waals surface area contributed by atoms with Gasteiger partial charge in [0.15, 0.2) is 5.13 Å². The maximum Gasteiger partial charge on any atom is 0.416 e. The Balaban J connectivity index is 1.57. The molecule has 0 aliphatic heterocycles. The van der Waals surface area contributed by atoms with Crippen molar-refractivity contribution in [2.45, 2.75) is 19.1 Å². The average molecular weight is 421 g/mol. The summed E-state index contributed by atoms with van der Waals surface area (Å²) in [6.45, 7) is 0.313. The van der Waals surface area contributed by atoms with Crippen LogP contribution in [0, 0.1) is 0 Å². The first-order chi connectivity index (χ1) is 13.8. The normalized spacial score (nSPS) is 11.3. The molecule has 29 heavy (non-hydrogen) atoms. The number of hydrogen-bond acceptors (Lipinski definition) is 5. The molecule has 0 aliphatic rings. The van der Waals surface area contributed by atoms with Crippen molar-refractivity contribution in [3.63, 3.8) is 0 Å². The van der Waals surface area contributed by atoms with Crippen LogP contribution in [-0.4, -0.2) is 22.6 Å². The van der Waals surface area contributed by atoms with Crippen LogP contribution in [0.25, 0.3) is 0 Å². The molecule has 1 heterocycles. The van der Waals surface area contributed by atoms with E-state index in [4.69, 9.17) is 5.11 Å². The molecule has 0 unspecified atom stereocenters. The number of hydrogen-bond donors (Lipinski definition) is 3. The second-order valence-electron chi connectivity index (χ2n) is 6.20. The number of aliphatic hydroxyl groups excluding tert-OH is 1. The third-order valence-electron chi connectivity index (χ3n) is 4.04. The van der Waals surface area contributed by atoms with E-state index >= 15 is 0 Å². The maximum absolute atomic E-state index is 12.8. The van der Waals surface area contributed by atoms with E-state index in [2.05, 4.69) is 15.6 Å². The third-order valence-corrected chi connectivity index (χ3v) is 4.85. The molecule has 0 spiro atoms. The lowest BCUT2D eigenvalue weighted by Gasteiger charge is -2.11. The summed E-state index contributed by atoms with van der Waals surface area (Å²) >= 11 is 1.28. The number of alkyl halides is 3. The zero-order valence-electron chi connectivity index (χ0n) is 15.2. The van der Waals surface area contributed by atoms with Crippen LogP contribution in [0.5, 0.6) is 0 Å². The highest BCUT2D eigenvalue weighted by molar-refractivity contribution is 7.14. The molecule has 3 rings (SSSR count). The number of carbonyl (C=O) groups is 1. The first-order valence-electron chi connectivity index (χ1n) is 8.72. The molecule has 9 heteroatoms. The number of amides is 1. The van der Waals surface area contributed by atoms with Gasteiger partial charge in [0.25, 0.3) is 5.91 Å². The number of halogens is 3. The van der Waals surface area contributed by atoms with Gasteiger partial charge in [-0.15, -0.1) is 11.3 Å². The van der Waals surface area contributed by atoms with E-state index in [9.17, 15) is 18.0 Å². The minimum absolute atomic E-state index is 0.00683. The molecule has 1 amide bonds. The van der Waals surface area contributed by atoms with Gasteiger partial charge in [0.2, 0.25) is 0 Å². The van der Waals surface area contributed by atoms with Crippen molar-refractivity contribution >= 4 is 28.1 Å². The third kappa shape index (κ3) is 5.78. The smallest absolute Gasteiger partial charge is 0.396 e. The predicted octanol–water partition coefficient (Wildman–Crippen LogP) is 4.56. The summed E-state index contributed by atoms with van der Waals surface area (Å²) < 4.78 is 38.3. The molecule has 0 fully saturated rings. The van der Waals surface area contributed by atoms with E-state index < -0.39 is 11.7 Å². The number of anilines is 2. The molecule has 5 nitrogen and oxygen atoms in total. The fourth-order valence-electron chi connectivity index (χ4n) is 2.55. The molecule has 0 saturated heterocycles. The Morgan fingerprint density at radius 1 is 1.14 bits per heavy atom. The Morgan fingerprint density at radius 2 is 1.90 bits per heavy atom. The van der Waals surface area contributed by atoms with Crippen LogP contribution in [0.15, 0.2) is 53.9 Å². The summed E-state index contributed by atoms with van der Waals surface area (Å²) in [4.78, 5) is 16.5. The van der Waals surface area contributed by atoms with Crippen molar-refractivity contribution in [3.05, 3.63) is 76.3 Å². The molecule has 2 aromatic carbocycles. The number of nitrogens with zero attached hydrogens (tertiary/aromatic N) is 1. The van der Waals surface area contributed by atoms with Crippen molar-refractivity contribution in [1.29, 1.82) is 0 Å². The van der Waals surface area contributed by atoms with Crippen molar-refractivity contribution in [2.75, 3.05) is 17.2 Å². The average Bonchev–Trinajstić information content (AvgIpc) is 3.13. The van der Waals surface area contributed by atoms with Crippen LogP contribution in [0.2, 0.25) is 0 Å². The van der Waals surface area contributed by atoms with Crippen molar-refractivity contribution < 1.29 is 23.1 Å². The number of nitrogens with one attached hydrogen (secondary N) is 2. The standard InChI is InChI=1S/C20H18F3N3O2S/c21-20(22,23)15-2-1-3-16(10-15)24-11-13-4-6-14(7-5-13)18(28)26-19-25-17(8-9-27)12-29-19/h1-7,10,12,24,27H,8-9,11H2,(H,25,26,28). The fraction of sp³-hybridized carbons (Fsp3) is 0.200. The number of benzene rings is 2. The lowest BCUT2D eigenvalue weighted by atomic mass is 10.1. The molecule has 0 bridgehead atoms. The minimum atomic E-state index is -4.39. The first kappa shape index (κ1) is 20.8. The lowest BCUT2D eigenvalue weighted by Crippen LogP contribution is -2.12. The fourth-order valence-corrected chi connectivity index (χ4v) is 3.29. The summed E-state index contributed by atoms with van der Waals surface area (Å²) in [5.74, 6) is -0.313. The zero-order chi connectivity index (χ0) is 20.9. The monoisotopic (exact) mass is 421 g/mol. The van der Waals surface area contributed by atoms with E-state index in [0.717, 1.165) is 17.7 Å². The molecule has 0 aliphatic carbocycles. The number of aromatic nitrogens is 1. The van der Waals surface area contributed by atoms with Crippen LogP contribution in [0.4, 0.5) is 24.0 Å². The quantitative estimate of drug-likeness (QED) is 0.523. The number of aliphatic hydroxyl groups is 1. The van der Waals surface area contributed by atoms with Gasteiger partial charge in [-0.05, 0) is 35.9 Å². The molecule has 152 valence electrons. The Bertz CT molecular complexity index is 972. The maximum atomic E-state index is 12.8. The summed E-state index contributed by atoms with van der Waals surface area (Å²) in [7, 11) is 0. The van der Waals surface area contributed by atoms with Crippen LogP contribution < -0.4 is 10.6 Å². The van der Waals surface area contributed by atoms with Gasteiger partial charge in [-0.3, -0.25) is 10.1 Å². The van der Waals surface area contributed by atoms with E-state index in [1.165, 1.54) is 17.4 Å². The molecule has 3 N–H and O–H groups in total. The van der Waals surface area contributed by atoms with Gasteiger partial charge in [-0.2, -0.15) is 13.2 Å². The topological polar surface area (TPSA) is 74.2 Å². The molecule has 0 saturated carbocycles. The number of thiazole rings is 1. The Kier molecular flexibility index (Phi) is 6.50. The van der Waals surface area contributed by atoms with Crippen LogP contribution in [-0.2, 0) is 19.1 Å². The van der Waals surface area contributed by atoms with Gasteiger partial charge >= 0.3 is 6.18 Å². The van der Waals surface area contributed by atoms with E-state index in [-0.39, 0.29) is 12.5 Å². The number of rotatable bonds is 7. The molecule has 0 atom stereocenters. The Hall–Kier alpha value is -2.91. The van der Waals surface area contributed by atoms with Crippen molar-refractivity contribution in [1.82, 2.24) is 4.98 Å². The van der Waals surface area contributed by atoms with E-state index in [1.807, 2.05) is 0 Å².